The number of nitrogens with one attached hydrogen (secondary N) is 1. The van der Waals surface area contributed by atoms with Gasteiger partial charge in [-0.05, 0) is 61.4 Å². The number of fused-ring (bicyclic) bond motifs is 2. The van der Waals surface area contributed by atoms with E-state index in [4.69, 9.17) is 27.1 Å². The van der Waals surface area contributed by atoms with E-state index in [-0.39, 0.29) is 28.8 Å². The Hall–Kier alpha value is -5.16. The molecule has 224 valence electrons. The lowest BCUT2D eigenvalue weighted by Crippen LogP contribution is -2.45. The van der Waals surface area contributed by atoms with Gasteiger partial charge in [-0.1, -0.05) is 41.9 Å². The zero-order valence-electron chi connectivity index (χ0n) is 24.7. The maximum absolute atomic E-state index is 14.0. The quantitative estimate of drug-likeness (QED) is 0.263. The minimum absolute atomic E-state index is 0.00450. The molecule has 0 radical (unpaired) electrons. The molecule has 1 atom stereocenters. The molecule has 1 aliphatic rings. The third-order valence-electron chi connectivity index (χ3n) is 7.56. The highest BCUT2D eigenvalue weighted by Crippen LogP contribution is 2.34. The number of aryl methyl sites for hydroxylation is 1. The fourth-order valence-electron chi connectivity index (χ4n) is 5.43. The van der Waals surface area contributed by atoms with Crippen molar-refractivity contribution >= 4 is 46.0 Å². The number of ether oxygens (including phenoxy) is 1. The zero-order valence-corrected chi connectivity index (χ0v) is 25.5. The lowest BCUT2D eigenvalue weighted by atomic mass is 10.1. The molecule has 1 unspecified atom stereocenters. The molecular formula is C32H31ClN8O3. The van der Waals surface area contributed by atoms with Crippen LogP contribution < -0.4 is 26.2 Å². The first-order chi connectivity index (χ1) is 21.1. The number of hydrogen-bond acceptors (Lipinski definition) is 9. The Kier molecular flexibility index (Phi) is 7.56. The molecule has 11 nitrogen and oxygen atoms in total. The number of nitrogens with two attached hydrogens (primary N) is 1. The SMILES string of the molecule is COc1ccc(CN2CN(C)C(=O)c3c(NC(C)c4nc5cccc(Cl)c5c(=O)n4-c4cccc(C)c4)nc(N)nc32)cc1. The van der Waals surface area contributed by atoms with E-state index in [1.54, 1.807) is 41.8 Å². The number of carbonyl (C=O) groups is 1. The fraction of sp³-hybridized carbons (Fsp3) is 0.219. The number of carbonyl (C=O) groups excluding carboxylic acids is 1. The summed E-state index contributed by atoms with van der Waals surface area (Å²) >= 11 is 6.48. The number of halogens is 1. The molecule has 5 aromatic rings. The highest BCUT2D eigenvalue weighted by molar-refractivity contribution is 6.35. The number of nitrogens with zero attached hydrogens (tertiary/aromatic N) is 6. The summed E-state index contributed by atoms with van der Waals surface area (Å²) in [4.78, 5) is 44.9. The van der Waals surface area contributed by atoms with Crippen molar-refractivity contribution in [3.05, 3.63) is 105 Å². The first-order valence-corrected chi connectivity index (χ1v) is 14.4. The summed E-state index contributed by atoms with van der Waals surface area (Å²) in [6.45, 7) is 4.58. The molecular weight excluding hydrogens is 580 g/mol. The van der Waals surface area contributed by atoms with Gasteiger partial charge in [-0.3, -0.25) is 14.2 Å². The summed E-state index contributed by atoms with van der Waals surface area (Å²) in [5.41, 5.74) is 9.25. The van der Waals surface area contributed by atoms with Gasteiger partial charge < -0.3 is 25.6 Å². The van der Waals surface area contributed by atoms with Gasteiger partial charge in [0.15, 0.2) is 5.82 Å². The van der Waals surface area contributed by atoms with Crippen molar-refractivity contribution in [1.82, 2.24) is 24.4 Å². The monoisotopic (exact) mass is 610 g/mol. The number of benzene rings is 3. The number of nitrogen functional groups attached to an aromatic ring is 1. The minimum Gasteiger partial charge on any atom is -0.497 e. The van der Waals surface area contributed by atoms with Crippen molar-refractivity contribution in [2.24, 2.45) is 0 Å². The Morgan fingerprint density at radius 3 is 2.52 bits per heavy atom. The highest BCUT2D eigenvalue weighted by atomic mass is 35.5. The predicted octanol–water partition coefficient (Wildman–Crippen LogP) is 4.95. The van der Waals surface area contributed by atoms with Crippen molar-refractivity contribution in [3.63, 3.8) is 0 Å². The molecule has 0 saturated heterocycles. The van der Waals surface area contributed by atoms with Gasteiger partial charge in [0.2, 0.25) is 5.95 Å². The summed E-state index contributed by atoms with van der Waals surface area (Å²) in [6.07, 6.45) is 0. The van der Waals surface area contributed by atoms with Crippen LogP contribution in [0.4, 0.5) is 17.6 Å². The fourth-order valence-corrected chi connectivity index (χ4v) is 5.68. The molecule has 3 N–H and O–H groups in total. The molecule has 1 aliphatic heterocycles. The second-order valence-electron chi connectivity index (χ2n) is 10.8. The third-order valence-corrected chi connectivity index (χ3v) is 7.87. The summed E-state index contributed by atoms with van der Waals surface area (Å²) in [5.74, 6) is 1.57. The van der Waals surface area contributed by atoms with E-state index in [9.17, 15) is 9.59 Å². The molecule has 3 aromatic carbocycles. The van der Waals surface area contributed by atoms with Crippen molar-refractivity contribution in [2.45, 2.75) is 26.4 Å². The molecule has 0 saturated carbocycles. The first kappa shape index (κ1) is 28.9. The van der Waals surface area contributed by atoms with Crippen molar-refractivity contribution in [1.29, 1.82) is 0 Å². The minimum atomic E-state index is -0.597. The van der Waals surface area contributed by atoms with Crippen LogP contribution in [0.2, 0.25) is 5.02 Å². The van der Waals surface area contributed by atoms with Gasteiger partial charge in [-0.25, -0.2) is 4.98 Å². The van der Waals surface area contributed by atoms with E-state index in [1.807, 2.05) is 67.3 Å². The summed E-state index contributed by atoms with van der Waals surface area (Å²) in [6, 6.07) is 19.8. The number of anilines is 3. The van der Waals surface area contributed by atoms with Crippen LogP contribution in [-0.4, -0.2) is 51.2 Å². The molecule has 0 spiro atoms. The largest absolute Gasteiger partial charge is 0.497 e. The lowest BCUT2D eigenvalue weighted by Gasteiger charge is -2.36. The van der Waals surface area contributed by atoms with E-state index in [2.05, 4.69) is 15.3 Å². The summed E-state index contributed by atoms with van der Waals surface area (Å²) in [7, 11) is 3.34. The lowest BCUT2D eigenvalue weighted by molar-refractivity contribution is 0.0781. The third kappa shape index (κ3) is 5.26. The van der Waals surface area contributed by atoms with Crippen LogP contribution in [0.3, 0.4) is 0 Å². The van der Waals surface area contributed by atoms with Gasteiger partial charge >= 0.3 is 0 Å². The molecule has 1 amide bonds. The Morgan fingerprint density at radius 1 is 1.05 bits per heavy atom. The second-order valence-corrected chi connectivity index (χ2v) is 11.2. The summed E-state index contributed by atoms with van der Waals surface area (Å²) < 4.78 is 6.83. The molecule has 0 aliphatic carbocycles. The Balaban J connectivity index is 1.45. The van der Waals surface area contributed by atoms with Crippen LogP contribution in [0.1, 0.15) is 40.3 Å². The average Bonchev–Trinajstić information content (AvgIpc) is 2.99. The van der Waals surface area contributed by atoms with Crippen LogP contribution in [0, 0.1) is 6.92 Å². The van der Waals surface area contributed by atoms with Crippen molar-refractivity contribution in [3.8, 4) is 11.4 Å². The second kappa shape index (κ2) is 11.5. The van der Waals surface area contributed by atoms with Crippen LogP contribution >= 0.6 is 11.6 Å². The van der Waals surface area contributed by atoms with Crippen LogP contribution in [-0.2, 0) is 6.54 Å². The van der Waals surface area contributed by atoms with E-state index in [1.165, 1.54) is 0 Å². The smallest absolute Gasteiger partial charge is 0.267 e. The van der Waals surface area contributed by atoms with Crippen molar-refractivity contribution in [2.75, 3.05) is 36.8 Å². The number of hydrogen-bond donors (Lipinski definition) is 2. The molecule has 12 heteroatoms. The van der Waals surface area contributed by atoms with Gasteiger partial charge in [-0.2, -0.15) is 9.97 Å². The van der Waals surface area contributed by atoms with Crippen LogP contribution in [0.5, 0.6) is 5.75 Å². The number of amides is 1. The number of methoxy groups -OCH3 is 1. The summed E-state index contributed by atoms with van der Waals surface area (Å²) in [5, 5.41) is 3.97. The predicted molar refractivity (Wildman–Crippen MR) is 172 cm³/mol. The topological polar surface area (TPSA) is 132 Å². The van der Waals surface area contributed by atoms with Gasteiger partial charge in [0.05, 0.1) is 41.4 Å². The number of rotatable bonds is 7. The Morgan fingerprint density at radius 2 is 1.80 bits per heavy atom. The van der Waals surface area contributed by atoms with E-state index >= 15 is 0 Å². The Labute approximate surface area is 258 Å². The maximum Gasteiger partial charge on any atom is 0.267 e. The Bertz CT molecular complexity index is 1960. The van der Waals surface area contributed by atoms with E-state index in [0.717, 1.165) is 16.9 Å². The maximum atomic E-state index is 14.0. The van der Waals surface area contributed by atoms with E-state index < -0.39 is 6.04 Å². The molecule has 2 aromatic heterocycles. The van der Waals surface area contributed by atoms with Gasteiger partial charge in [0, 0.05) is 13.6 Å². The molecule has 44 heavy (non-hydrogen) atoms. The molecule has 0 fully saturated rings. The van der Waals surface area contributed by atoms with Crippen molar-refractivity contribution < 1.29 is 9.53 Å². The zero-order chi connectivity index (χ0) is 31.1. The number of aromatic nitrogens is 4. The van der Waals surface area contributed by atoms with E-state index in [0.29, 0.717) is 46.5 Å². The highest BCUT2D eigenvalue weighted by Gasteiger charge is 2.33. The molecule has 6 rings (SSSR count). The van der Waals surface area contributed by atoms with Gasteiger partial charge in [0.25, 0.3) is 11.5 Å². The van der Waals surface area contributed by atoms with Crippen LogP contribution in [0.15, 0.2) is 71.5 Å². The van der Waals surface area contributed by atoms with Gasteiger partial charge in [0.1, 0.15) is 23.0 Å². The van der Waals surface area contributed by atoms with Gasteiger partial charge in [-0.15, -0.1) is 0 Å². The normalized spacial score (nSPS) is 13.6. The standard InChI is InChI=1S/C32H31ClN8O3/c1-18-7-5-8-21(15-18)41-28(36-24-10-6-9-23(33)25(24)31(41)43)19(2)35-27-26-29(38-32(34)37-27)40(17-39(3)30(26)42)16-20-11-13-22(44-4)14-12-20/h5-15,19H,16-17H2,1-4H3,(H3,34,35,37,38). The molecule has 0 bridgehead atoms. The molecule has 3 heterocycles. The first-order valence-electron chi connectivity index (χ1n) is 14.0. The van der Waals surface area contributed by atoms with Crippen LogP contribution in [0.25, 0.3) is 16.6 Å². The average molecular weight is 611 g/mol.